The maximum Gasteiger partial charge on any atom is 0.152 e. The van der Waals surface area contributed by atoms with Crippen LogP contribution in [0.2, 0.25) is 0 Å². The minimum atomic E-state index is 0.387. The van der Waals surface area contributed by atoms with Crippen LogP contribution < -0.4 is 10.3 Å². The third-order valence-corrected chi connectivity index (χ3v) is 5.72. The van der Waals surface area contributed by atoms with Gasteiger partial charge in [-0.2, -0.15) is 5.10 Å². The number of nitrogens with one attached hydrogen (secondary N) is 1. The van der Waals surface area contributed by atoms with Crippen LogP contribution in [-0.2, 0) is 11.2 Å². The number of aryl methyl sites for hydroxylation is 2. The Morgan fingerprint density at radius 2 is 2.06 bits per heavy atom. The second-order valence-electron chi connectivity index (χ2n) is 8.37. The Morgan fingerprint density at radius 1 is 1.19 bits per heavy atom. The highest BCUT2D eigenvalue weighted by Gasteiger charge is 2.16. The van der Waals surface area contributed by atoms with E-state index in [0.29, 0.717) is 11.7 Å². The molecule has 0 bridgehead atoms. The molecule has 1 atom stereocenters. The molecule has 4 rings (SSSR count). The summed E-state index contributed by atoms with van der Waals surface area (Å²) in [6, 6.07) is 10.2. The summed E-state index contributed by atoms with van der Waals surface area (Å²) in [4.78, 5) is 16.4. The molecule has 0 spiro atoms. The Balaban J connectivity index is 1.48. The van der Waals surface area contributed by atoms with Crippen LogP contribution >= 0.6 is 0 Å². The monoisotopic (exact) mass is 432 g/mol. The Labute approximate surface area is 190 Å². The molecule has 1 aromatic carbocycles. The predicted molar refractivity (Wildman–Crippen MR) is 131 cm³/mol. The van der Waals surface area contributed by atoms with Crippen molar-refractivity contribution < 1.29 is 4.74 Å². The van der Waals surface area contributed by atoms with Gasteiger partial charge in [-0.3, -0.25) is 10.4 Å². The molecular formula is C25H32N6O. The van der Waals surface area contributed by atoms with Gasteiger partial charge >= 0.3 is 0 Å². The fraction of sp³-hybridized carbons (Fsp3) is 0.440. The van der Waals surface area contributed by atoms with E-state index in [2.05, 4.69) is 52.5 Å². The van der Waals surface area contributed by atoms with Crippen molar-refractivity contribution in [2.75, 3.05) is 36.6 Å². The lowest BCUT2D eigenvalue weighted by Gasteiger charge is -2.28. The first-order valence-corrected chi connectivity index (χ1v) is 11.5. The SMILES string of the molecule is Cc1cccc(/C=N/Nc2cc(N3CCOCC3)nc(CCC(C)C3=CCCC=N3)n2)c1. The van der Waals surface area contributed by atoms with E-state index in [1.807, 2.05) is 30.6 Å². The van der Waals surface area contributed by atoms with E-state index in [4.69, 9.17) is 14.7 Å². The van der Waals surface area contributed by atoms with Crippen LogP contribution in [0.25, 0.3) is 0 Å². The van der Waals surface area contributed by atoms with E-state index in [1.54, 1.807) is 0 Å². The minimum Gasteiger partial charge on any atom is -0.378 e. The van der Waals surface area contributed by atoms with Crippen molar-refractivity contribution in [3.8, 4) is 0 Å². The van der Waals surface area contributed by atoms with Gasteiger partial charge in [0.2, 0.25) is 0 Å². The Hall–Kier alpha value is -3.06. The second kappa shape index (κ2) is 11.0. The largest absolute Gasteiger partial charge is 0.378 e. The predicted octanol–water partition coefficient (Wildman–Crippen LogP) is 4.38. The highest BCUT2D eigenvalue weighted by atomic mass is 16.5. The minimum absolute atomic E-state index is 0.387. The van der Waals surface area contributed by atoms with Crippen LogP contribution in [0.5, 0.6) is 0 Å². The lowest BCUT2D eigenvalue weighted by molar-refractivity contribution is 0.122. The molecule has 7 nitrogen and oxygen atoms in total. The van der Waals surface area contributed by atoms with E-state index >= 15 is 0 Å². The molecule has 7 heteroatoms. The van der Waals surface area contributed by atoms with Crippen LogP contribution in [0.15, 0.2) is 52.2 Å². The average Bonchev–Trinajstić information content (AvgIpc) is 2.83. The first-order valence-electron chi connectivity index (χ1n) is 11.5. The molecule has 1 aromatic heterocycles. The van der Waals surface area contributed by atoms with Crippen LogP contribution in [0.1, 0.15) is 43.1 Å². The molecule has 2 aliphatic rings. The summed E-state index contributed by atoms with van der Waals surface area (Å²) in [6.45, 7) is 7.41. The molecule has 3 heterocycles. The zero-order valence-corrected chi connectivity index (χ0v) is 19.0. The maximum atomic E-state index is 5.51. The summed E-state index contributed by atoms with van der Waals surface area (Å²) in [5.41, 5.74) is 6.55. The van der Waals surface area contributed by atoms with Crippen LogP contribution in [0.4, 0.5) is 11.6 Å². The number of anilines is 2. The average molecular weight is 433 g/mol. The summed E-state index contributed by atoms with van der Waals surface area (Å²) in [6.07, 6.45) is 9.97. The molecule has 168 valence electrons. The number of ether oxygens (including phenoxy) is 1. The standard InChI is InChI=1S/C25H32N6O/c1-19-6-5-7-21(16-19)18-27-30-24-17-25(31-12-14-32-15-13-31)29-23(28-24)10-9-20(2)22-8-3-4-11-26-22/h5-8,11,16-18,20H,3-4,9-10,12-15H2,1-2H3,(H,28,29,30)/b27-18+. The molecule has 0 saturated carbocycles. The molecule has 0 amide bonds. The van der Waals surface area contributed by atoms with E-state index in [0.717, 1.165) is 69.2 Å². The van der Waals surface area contributed by atoms with Crippen LogP contribution in [0.3, 0.4) is 0 Å². The Morgan fingerprint density at radius 3 is 2.84 bits per heavy atom. The Kier molecular flexibility index (Phi) is 7.61. The first-order chi connectivity index (χ1) is 15.7. The number of rotatable bonds is 8. The van der Waals surface area contributed by atoms with E-state index < -0.39 is 0 Å². The van der Waals surface area contributed by atoms with E-state index in [1.165, 1.54) is 11.3 Å². The highest BCUT2D eigenvalue weighted by molar-refractivity contribution is 5.80. The molecule has 2 aliphatic heterocycles. The molecule has 0 radical (unpaired) electrons. The number of hydrogen-bond donors (Lipinski definition) is 1. The molecule has 32 heavy (non-hydrogen) atoms. The summed E-state index contributed by atoms with van der Waals surface area (Å²) >= 11 is 0. The van der Waals surface area contributed by atoms with E-state index in [9.17, 15) is 0 Å². The van der Waals surface area contributed by atoms with Gasteiger partial charge in [-0.15, -0.1) is 0 Å². The second-order valence-corrected chi connectivity index (χ2v) is 8.37. The lowest BCUT2D eigenvalue weighted by atomic mass is 9.99. The number of nitrogens with zero attached hydrogens (tertiary/aromatic N) is 5. The van der Waals surface area contributed by atoms with Crippen LogP contribution in [-0.4, -0.2) is 48.7 Å². The zero-order chi connectivity index (χ0) is 22.2. The summed E-state index contributed by atoms with van der Waals surface area (Å²) in [5, 5.41) is 4.41. The first kappa shape index (κ1) is 22.1. The van der Waals surface area contributed by atoms with Crippen molar-refractivity contribution in [1.29, 1.82) is 0 Å². The smallest absolute Gasteiger partial charge is 0.152 e. The molecule has 1 fully saturated rings. The number of aromatic nitrogens is 2. The molecular weight excluding hydrogens is 400 g/mol. The van der Waals surface area contributed by atoms with Crippen molar-refractivity contribution in [3.05, 3.63) is 59.1 Å². The molecule has 1 N–H and O–H groups in total. The number of aliphatic imine (C=N–C) groups is 1. The Bertz CT molecular complexity index is 994. The normalized spacial score (nSPS) is 17.4. The van der Waals surface area contributed by atoms with Crippen molar-refractivity contribution in [3.63, 3.8) is 0 Å². The number of hydrogen-bond acceptors (Lipinski definition) is 7. The fourth-order valence-corrected chi connectivity index (χ4v) is 3.88. The van der Waals surface area contributed by atoms with Gasteiger partial charge in [-0.1, -0.05) is 42.8 Å². The third-order valence-electron chi connectivity index (χ3n) is 5.72. The lowest BCUT2D eigenvalue weighted by Crippen LogP contribution is -2.37. The van der Waals surface area contributed by atoms with Crippen LogP contribution in [0, 0.1) is 12.8 Å². The van der Waals surface area contributed by atoms with Gasteiger partial charge in [0.25, 0.3) is 0 Å². The molecule has 1 saturated heterocycles. The van der Waals surface area contributed by atoms with Gasteiger partial charge in [-0.25, -0.2) is 9.97 Å². The molecule has 0 aliphatic carbocycles. The summed E-state index contributed by atoms with van der Waals surface area (Å²) < 4.78 is 5.51. The van der Waals surface area contributed by atoms with Gasteiger partial charge in [0.05, 0.1) is 19.4 Å². The quantitative estimate of drug-likeness (QED) is 0.495. The fourth-order valence-electron chi connectivity index (χ4n) is 3.88. The van der Waals surface area contributed by atoms with Gasteiger partial charge in [-0.05, 0) is 37.7 Å². The number of benzene rings is 1. The zero-order valence-electron chi connectivity index (χ0n) is 19.0. The van der Waals surface area contributed by atoms with Gasteiger partial charge in [0.15, 0.2) is 5.82 Å². The number of morpholine rings is 1. The molecule has 2 aromatic rings. The van der Waals surface area contributed by atoms with Gasteiger partial charge in [0.1, 0.15) is 11.6 Å². The van der Waals surface area contributed by atoms with Crippen molar-refractivity contribution in [2.45, 2.75) is 39.5 Å². The van der Waals surface area contributed by atoms with Crippen molar-refractivity contribution in [2.24, 2.45) is 16.0 Å². The highest BCUT2D eigenvalue weighted by Crippen LogP contribution is 2.23. The van der Waals surface area contributed by atoms with Gasteiger partial charge < -0.3 is 9.64 Å². The number of hydrazone groups is 1. The summed E-state index contributed by atoms with van der Waals surface area (Å²) in [5.74, 6) is 2.85. The van der Waals surface area contributed by atoms with Gasteiger partial charge in [0, 0.05) is 37.5 Å². The van der Waals surface area contributed by atoms with E-state index in [-0.39, 0.29) is 0 Å². The molecule has 1 unspecified atom stereocenters. The topological polar surface area (TPSA) is 75.0 Å². The maximum absolute atomic E-state index is 5.51. The summed E-state index contributed by atoms with van der Waals surface area (Å²) in [7, 11) is 0. The van der Waals surface area contributed by atoms with Crippen molar-refractivity contribution >= 4 is 24.1 Å². The van der Waals surface area contributed by atoms with Crippen molar-refractivity contribution in [1.82, 2.24) is 9.97 Å². The number of allylic oxidation sites excluding steroid dienone is 2. The third kappa shape index (κ3) is 6.23.